The maximum absolute atomic E-state index is 11.9. The highest BCUT2D eigenvalue weighted by Crippen LogP contribution is 2.33. The van der Waals surface area contributed by atoms with Crippen LogP contribution in [0, 0.1) is 5.92 Å². The third kappa shape index (κ3) is 3.77. The van der Waals surface area contributed by atoms with Gasteiger partial charge in [-0.15, -0.1) is 11.3 Å². The summed E-state index contributed by atoms with van der Waals surface area (Å²) in [4.78, 5) is 1.23. The number of thiophene rings is 1. The zero-order valence-corrected chi connectivity index (χ0v) is 11.3. The second-order valence-electron chi connectivity index (χ2n) is 4.44. The third-order valence-corrected chi connectivity index (χ3v) is 5.47. The van der Waals surface area contributed by atoms with Crippen molar-refractivity contribution in [3.8, 4) is 0 Å². The molecule has 6 heteroatoms. The summed E-state index contributed by atoms with van der Waals surface area (Å²) in [6.45, 7) is 0.925. The molecule has 4 nitrogen and oxygen atoms in total. The van der Waals surface area contributed by atoms with E-state index in [1.807, 2.05) is 0 Å². The van der Waals surface area contributed by atoms with Gasteiger partial charge in [-0.3, -0.25) is 0 Å². The van der Waals surface area contributed by atoms with Crippen LogP contribution >= 0.6 is 11.3 Å². The minimum absolute atomic E-state index is 0.342. The normalized spacial score (nSPS) is 16.3. The van der Waals surface area contributed by atoms with Crippen molar-refractivity contribution in [1.29, 1.82) is 0 Å². The maximum atomic E-state index is 11.9. The number of hydrogen-bond donors (Lipinski definition) is 2. The van der Waals surface area contributed by atoms with Crippen LogP contribution in [0.2, 0.25) is 0 Å². The largest absolute Gasteiger partial charge is 0.326 e. The lowest BCUT2D eigenvalue weighted by molar-refractivity contribution is 0.573. The molecule has 0 aromatic carbocycles. The summed E-state index contributed by atoms with van der Waals surface area (Å²) in [6.07, 6.45) is 4.70. The van der Waals surface area contributed by atoms with E-state index in [0.717, 1.165) is 23.6 Å². The van der Waals surface area contributed by atoms with E-state index >= 15 is 0 Å². The number of nitrogens with one attached hydrogen (secondary N) is 1. The Morgan fingerprint density at radius 2 is 2.24 bits per heavy atom. The molecule has 0 saturated heterocycles. The van der Waals surface area contributed by atoms with Gasteiger partial charge in [-0.05, 0) is 24.8 Å². The molecule has 1 saturated carbocycles. The van der Waals surface area contributed by atoms with Crippen molar-refractivity contribution < 1.29 is 8.42 Å². The summed E-state index contributed by atoms with van der Waals surface area (Å²) < 4.78 is 26.4. The molecule has 1 aliphatic carbocycles. The Balaban J connectivity index is 1.84. The zero-order valence-electron chi connectivity index (χ0n) is 9.69. The Labute approximate surface area is 106 Å². The second kappa shape index (κ2) is 5.48. The maximum Gasteiger partial charge on any atom is 0.241 e. The molecule has 0 bridgehead atoms. The van der Waals surface area contributed by atoms with Crippen molar-refractivity contribution in [2.24, 2.45) is 11.7 Å². The van der Waals surface area contributed by atoms with Crippen molar-refractivity contribution in [3.05, 3.63) is 16.3 Å². The summed E-state index contributed by atoms with van der Waals surface area (Å²) in [7, 11) is -3.32. The predicted molar refractivity (Wildman–Crippen MR) is 69.4 cm³/mol. The van der Waals surface area contributed by atoms with Crippen LogP contribution in [0.1, 0.15) is 30.6 Å². The number of sulfonamides is 1. The lowest BCUT2D eigenvalue weighted by Crippen LogP contribution is -2.24. The van der Waals surface area contributed by atoms with Crippen LogP contribution in [-0.2, 0) is 16.6 Å². The van der Waals surface area contributed by atoms with E-state index in [4.69, 9.17) is 5.73 Å². The minimum atomic E-state index is -3.32. The first-order valence-electron chi connectivity index (χ1n) is 5.89. The summed E-state index contributed by atoms with van der Waals surface area (Å²) in [5.41, 5.74) is 5.46. The minimum Gasteiger partial charge on any atom is -0.326 e. The predicted octanol–water partition coefficient (Wildman–Crippen LogP) is 1.68. The topological polar surface area (TPSA) is 72.2 Å². The molecule has 0 unspecified atom stereocenters. The molecule has 0 amide bonds. The van der Waals surface area contributed by atoms with Crippen molar-refractivity contribution in [2.75, 3.05) is 6.54 Å². The van der Waals surface area contributed by atoms with Crippen LogP contribution in [0.3, 0.4) is 0 Å². The van der Waals surface area contributed by atoms with E-state index in [1.165, 1.54) is 24.2 Å². The Bertz CT molecular complexity index is 464. The molecule has 0 atom stereocenters. The molecule has 96 valence electrons. The SMILES string of the molecule is NCc1cc(S(=O)(=O)NCCCC2CC2)cs1. The molecule has 1 aliphatic rings. The van der Waals surface area contributed by atoms with E-state index in [0.29, 0.717) is 18.0 Å². The summed E-state index contributed by atoms with van der Waals surface area (Å²) >= 11 is 1.39. The highest BCUT2D eigenvalue weighted by molar-refractivity contribution is 7.89. The van der Waals surface area contributed by atoms with Crippen molar-refractivity contribution >= 4 is 21.4 Å². The van der Waals surface area contributed by atoms with Crippen LogP contribution in [0.15, 0.2) is 16.3 Å². The Morgan fingerprint density at radius 1 is 1.47 bits per heavy atom. The Morgan fingerprint density at radius 3 is 2.82 bits per heavy atom. The molecular formula is C11H18N2O2S2. The molecule has 0 aliphatic heterocycles. The highest BCUT2D eigenvalue weighted by atomic mass is 32.2. The number of hydrogen-bond acceptors (Lipinski definition) is 4. The van der Waals surface area contributed by atoms with E-state index in [-0.39, 0.29) is 0 Å². The monoisotopic (exact) mass is 274 g/mol. The van der Waals surface area contributed by atoms with Crippen LogP contribution < -0.4 is 10.5 Å². The second-order valence-corrected chi connectivity index (χ2v) is 7.20. The number of rotatable bonds is 7. The fraction of sp³-hybridized carbons (Fsp3) is 0.636. The molecule has 0 spiro atoms. The van der Waals surface area contributed by atoms with Crippen LogP contribution in [0.4, 0.5) is 0 Å². The first-order valence-corrected chi connectivity index (χ1v) is 8.25. The van der Waals surface area contributed by atoms with Gasteiger partial charge in [-0.2, -0.15) is 0 Å². The van der Waals surface area contributed by atoms with Crippen molar-refractivity contribution in [1.82, 2.24) is 4.72 Å². The summed E-state index contributed by atoms with van der Waals surface area (Å²) in [6, 6.07) is 1.65. The smallest absolute Gasteiger partial charge is 0.241 e. The van der Waals surface area contributed by atoms with Crippen LogP contribution in [-0.4, -0.2) is 15.0 Å². The standard InChI is InChI=1S/C11H18N2O2S2/c12-7-10-6-11(8-16-10)17(14,15)13-5-1-2-9-3-4-9/h6,8-9,13H,1-5,7,12H2. The highest BCUT2D eigenvalue weighted by Gasteiger charge is 2.21. The fourth-order valence-corrected chi connectivity index (χ4v) is 3.93. The van der Waals surface area contributed by atoms with Gasteiger partial charge in [0, 0.05) is 23.3 Å². The van der Waals surface area contributed by atoms with E-state index < -0.39 is 10.0 Å². The molecule has 3 N–H and O–H groups in total. The third-order valence-electron chi connectivity index (χ3n) is 2.92. The van der Waals surface area contributed by atoms with Gasteiger partial charge in [0.1, 0.15) is 0 Å². The van der Waals surface area contributed by atoms with Gasteiger partial charge in [0.15, 0.2) is 0 Å². The molecule has 0 radical (unpaired) electrons. The van der Waals surface area contributed by atoms with Crippen molar-refractivity contribution in [2.45, 2.75) is 37.1 Å². The molecular weight excluding hydrogens is 256 g/mol. The molecule has 1 fully saturated rings. The fourth-order valence-electron chi connectivity index (χ4n) is 1.70. The zero-order chi connectivity index (χ0) is 12.3. The van der Waals surface area contributed by atoms with Gasteiger partial charge in [0.25, 0.3) is 0 Å². The molecule has 1 aromatic heterocycles. The average Bonchev–Trinajstić information content (AvgIpc) is 2.98. The van der Waals surface area contributed by atoms with E-state index in [9.17, 15) is 8.42 Å². The Hall–Kier alpha value is -0.430. The quantitative estimate of drug-likeness (QED) is 0.743. The van der Waals surface area contributed by atoms with Crippen LogP contribution in [0.25, 0.3) is 0 Å². The first-order chi connectivity index (χ1) is 8.12. The van der Waals surface area contributed by atoms with Gasteiger partial charge in [0.05, 0.1) is 4.90 Å². The summed E-state index contributed by atoms with van der Waals surface area (Å²) in [5, 5.41) is 1.64. The van der Waals surface area contributed by atoms with Gasteiger partial charge in [-0.25, -0.2) is 13.1 Å². The van der Waals surface area contributed by atoms with Gasteiger partial charge >= 0.3 is 0 Å². The molecule has 17 heavy (non-hydrogen) atoms. The molecule has 1 heterocycles. The Kier molecular flexibility index (Phi) is 4.19. The van der Waals surface area contributed by atoms with E-state index in [1.54, 1.807) is 11.4 Å². The lowest BCUT2D eigenvalue weighted by Gasteiger charge is -2.04. The summed E-state index contributed by atoms with van der Waals surface area (Å²) in [5.74, 6) is 0.851. The van der Waals surface area contributed by atoms with E-state index in [2.05, 4.69) is 4.72 Å². The number of nitrogens with two attached hydrogens (primary N) is 1. The van der Waals surface area contributed by atoms with Crippen LogP contribution in [0.5, 0.6) is 0 Å². The van der Waals surface area contributed by atoms with Gasteiger partial charge < -0.3 is 5.73 Å². The lowest BCUT2D eigenvalue weighted by atomic mass is 10.2. The average molecular weight is 274 g/mol. The first kappa shape index (κ1) is 13.0. The van der Waals surface area contributed by atoms with Gasteiger partial charge in [0.2, 0.25) is 10.0 Å². The molecule has 1 aromatic rings. The van der Waals surface area contributed by atoms with Crippen molar-refractivity contribution in [3.63, 3.8) is 0 Å². The van der Waals surface area contributed by atoms with Gasteiger partial charge in [-0.1, -0.05) is 12.8 Å². The molecule has 2 rings (SSSR count).